The van der Waals surface area contributed by atoms with E-state index in [1.807, 2.05) is 18.2 Å². The summed E-state index contributed by atoms with van der Waals surface area (Å²) in [5.74, 6) is 0. The predicted molar refractivity (Wildman–Crippen MR) is 50.3 cm³/mol. The summed E-state index contributed by atoms with van der Waals surface area (Å²) in [4.78, 5) is 0. The Bertz CT molecular complexity index is 309. The normalized spacial score (nSPS) is 14.6. The molecule has 0 saturated heterocycles. The first-order chi connectivity index (χ1) is 5.97. The van der Waals surface area contributed by atoms with Crippen molar-refractivity contribution in [1.82, 2.24) is 0 Å². The Labute approximate surface area is 105 Å². The monoisotopic (exact) mass is 243 g/mol. The van der Waals surface area contributed by atoms with Gasteiger partial charge in [0.25, 0.3) is 0 Å². The summed E-state index contributed by atoms with van der Waals surface area (Å²) < 4.78 is 0. The second-order valence-corrected chi connectivity index (χ2v) is 2.81. The standard InChI is InChI=1S/C12H10.Y/c1-3-7-11(8-4-1)12-9-5-2-6-10-12;/h1,3-5,7,9H,2,6H2;/q-2;. The van der Waals surface area contributed by atoms with Crippen LogP contribution < -0.4 is 0 Å². The smallest absolute Gasteiger partial charge is 0 e. The van der Waals surface area contributed by atoms with Gasteiger partial charge in [0.15, 0.2) is 0 Å². The SMILES string of the molecule is [C-]1=C(c2[c-]cccc2)C=CCC1.[Y]. The molecule has 0 fully saturated rings. The van der Waals surface area contributed by atoms with E-state index >= 15 is 0 Å². The van der Waals surface area contributed by atoms with Crippen molar-refractivity contribution in [2.24, 2.45) is 0 Å². The maximum absolute atomic E-state index is 3.33. The van der Waals surface area contributed by atoms with Crippen molar-refractivity contribution in [1.29, 1.82) is 0 Å². The Balaban J connectivity index is 0.000000845. The molecule has 1 heteroatoms. The Morgan fingerprint density at radius 2 is 2.15 bits per heavy atom. The predicted octanol–water partition coefficient (Wildman–Crippen LogP) is 3.02. The molecule has 2 rings (SSSR count). The molecule has 0 nitrogen and oxygen atoms in total. The molecule has 0 unspecified atom stereocenters. The van der Waals surface area contributed by atoms with Gasteiger partial charge >= 0.3 is 0 Å². The molecule has 0 atom stereocenters. The molecule has 13 heavy (non-hydrogen) atoms. The van der Waals surface area contributed by atoms with Crippen LogP contribution in [0.1, 0.15) is 18.4 Å². The van der Waals surface area contributed by atoms with Crippen LogP contribution in [0.2, 0.25) is 0 Å². The van der Waals surface area contributed by atoms with Crippen LogP contribution in [0.15, 0.2) is 36.4 Å². The van der Waals surface area contributed by atoms with Crippen molar-refractivity contribution in [2.45, 2.75) is 12.8 Å². The molecule has 1 radical (unpaired) electrons. The minimum atomic E-state index is 0. The topological polar surface area (TPSA) is 0 Å². The Morgan fingerprint density at radius 3 is 2.77 bits per heavy atom. The van der Waals surface area contributed by atoms with E-state index in [1.54, 1.807) is 0 Å². The van der Waals surface area contributed by atoms with E-state index in [4.69, 9.17) is 0 Å². The molecule has 0 aromatic heterocycles. The molecule has 1 aliphatic rings. The van der Waals surface area contributed by atoms with E-state index in [0.717, 1.165) is 18.4 Å². The fourth-order valence-corrected chi connectivity index (χ4v) is 1.30. The van der Waals surface area contributed by atoms with Crippen molar-refractivity contribution in [3.8, 4) is 0 Å². The summed E-state index contributed by atoms with van der Waals surface area (Å²) in [7, 11) is 0. The van der Waals surface area contributed by atoms with Gasteiger partial charge in [0.1, 0.15) is 0 Å². The van der Waals surface area contributed by atoms with Crippen molar-refractivity contribution < 1.29 is 32.7 Å². The Morgan fingerprint density at radius 1 is 1.23 bits per heavy atom. The molecule has 63 valence electrons. The van der Waals surface area contributed by atoms with Crippen LogP contribution >= 0.6 is 0 Å². The maximum atomic E-state index is 3.33. The summed E-state index contributed by atoms with van der Waals surface area (Å²) in [6, 6.07) is 11.2. The molecule has 1 aliphatic carbocycles. The molecule has 0 aliphatic heterocycles. The maximum Gasteiger partial charge on any atom is 0 e. The van der Waals surface area contributed by atoms with E-state index < -0.39 is 0 Å². The summed E-state index contributed by atoms with van der Waals surface area (Å²) >= 11 is 0. The quantitative estimate of drug-likeness (QED) is 0.665. The van der Waals surface area contributed by atoms with Gasteiger partial charge in [0.05, 0.1) is 0 Å². The summed E-state index contributed by atoms with van der Waals surface area (Å²) in [5.41, 5.74) is 2.33. The second-order valence-electron chi connectivity index (χ2n) is 2.81. The van der Waals surface area contributed by atoms with Crippen molar-refractivity contribution >= 4 is 5.57 Å². The van der Waals surface area contributed by atoms with Gasteiger partial charge in [-0.15, -0.1) is 12.1 Å². The van der Waals surface area contributed by atoms with Gasteiger partial charge in [0, 0.05) is 32.7 Å². The van der Waals surface area contributed by atoms with Crippen molar-refractivity contribution in [3.05, 3.63) is 54.1 Å². The van der Waals surface area contributed by atoms with Gasteiger partial charge in [-0.05, 0) is 0 Å². The first-order valence-electron chi connectivity index (χ1n) is 4.21. The second kappa shape index (κ2) is 5.52. The third kappa shape index (κ3) is 2.89. The molecule has 0 heterocycles. The third-order valence-corrected chi connectivity index (χ3v) is 1.91. The average Bonchev–Trinajstić information content (AvgIpc) is 2.21. The van der Waals surface area contributed by atoms with Gasteiger partial charge in [-0.25, -0.2) is 18.2 Å². The average molecular weight is 243 g/mol. The van der Waals surface area contributed by atoms with Crippen LogP contribution in [0.3, 0.4) is 0 Å². The zero-order valence-electron chi connectivity index (χ0n) is 7.46. The number of hydrogen-bond acceptors (Lipinski definition) is 0. The van der Waals surface area contributed by atoms with Crippen molar-refractivity contribution in [2.75, 3.05) is 0 Å². The van der Waals surface area contributed by atoms with Crippen LogP contribution in [-0.4, -0.2) is 0 Å². The Hall–Kier alpha value is -0.196. The number of allylic oxidation sites excluding steroid dienone is 4. The van der Waals surface area contributed by atoms with Gasteiger partial charge in [-0.1, -0.05) is 12.8 Å². The van der Waals surface area contributed by atoms with Crippen LogP contribution in [0.5, 0.6) is 0 Å². The number of benzene rings is 1. The van der Waals surface area contributed by atoms with Crippen LogP contribution in [-0.2, 0) is 32.7 Å². The molecule has 1 aromatic carbocycles. The van der Waals surface area contributed by atoms with E-state index in [0.29, 0.717) is 0 Å². The fourth-order valence-electron chi connectivity index (χ4n) is 1.30. The summed E-state index contributed by atoms with van der Waals surface area (Å²) in [6.07, 6.45) is 9.80. The molecule has 0 amide bonds. The van der Waals surface area contributed by atoms with Gasteiger partial charge in [-0.2, -0.15) is 12.1 Å². The van der Waals surface area contributed by atoms with Gasteiger partial charge in [-0.3, -0.25) is 17.2 Å². The fraction of sp³-hybridized carbons (Fsp3) is 0.167. The van der Waals surface area contributed by atoms with Crippen molar-refractivity contribution in [3.63, 3.8) is 0 Å². The minimum absolute atomic E-state index is 0. The first-order valence-corrected chi connectivity index (χ1v) is 4.21. The van der Waals surface area contributed by atoms with E-state index in [-0.39, 0.29) is 32.7 Å². The van der Waals surface area contributed by atoms with Gasteiger partial charge < -0.3 is 0 Å². The van der Waals surface area contributed by atoms with Crippen LogP contribution in [0.25, 0.3) is 5.57 Å². The molecule has 0 saturated carbocycles. The number of rotatable bonds is 1. The summed E-state index contributed by atoms with van der Waals surface area (Å²) in [5, 5.41) is 0. The third-order valence-electron chi connectivity index (χ3n) is 1.91. The minimum Gasteiger partial charge on any atom is -0.273 e. The van der Waals surface area contributed by atoms with Gasteiger partial charge in [0.2, 0.25) is 0 Å². The molecule has 0 spiro atoms. The summed E-state index contributed by atoms with van der Waals surface area (Å²) in [6.45, 7) is 0. The molecule has 1 aromatic rings. The van der Waals surface area contributed by atoms with E-state index in [9.17, 15) is 0 Å². The molecular weight excluding hydrogens is 233 g/mol. The zero-order valence-corrected chi connectivity index (χ0v) is 10.3. The molecular formula is C12H10Y-2. The van der Waals surface area contributed by atoms with E-state index in [1.165, 1.54) is 5.57 Å². The zero-order chi connectivity index (χ0) is 8.23. The molecule has 0 N–H and O–H groups in total. The Kier molecular flexibility index (Phi) is 4.62. The van der Waals surface area contributed by atoms with Crippen LogP contribution in [0, 0.1) is 12.1 Å². The van der Waals surface area contributed by atoms with E-state index in [2.05, 4.69) is 30.4 Å². The largest absolute Gasteiger partial charge is 0.273 e. The van der Waals surface area contributed by atoms with Crippen LogP contribution in [0.4, 0.5) is 0 Å². The first kappa shape index (κ1) is 10.9. The number of hydrogen-bond donors (Lipinski definition) is 0. The molecule has 0 bridgehead atoms.